The van der Waals surface area contributed by atoms with Crippen molar-refractivity contribution in [3.8, 4) is 0 Å². The molecule has 0 aliphatic rings. The van der Waals surface area contributed by atoms with Crippen molar-refractivity contribution in [1.29, 1.82) is 0 Å². The smallest absolute Gasteiger partial charge is 0.338 e. The van der Waals surface area contributed by atoms with Crippen molar-refractivity contribution >= 4 is 33.3 Å². The van der Waals surface area contributed by atoms with Crippen LogP contribution in [0.25, 0.3) is 27.3 Å². The van der Waals surface area contributed by atoms with Gasteiger partial charge in [-0.3, -0.25) is 8.97 Å². The Morgan fingerprint density at radius 2 is 1.81 bits per heavy atom. The maximum absolute atomic E-state index is 13.1. The highest BCUT2D eigenvalue weighted by molar-refractivity contribution is 6.06. The number of fused-ring (bicyclic) bond motifs is 5. The third-order valence-corrected chi connectivity index (χ3v) is 5.08. The number of hydrogen-bond donors (Lipinski definition) is 0. The third kappa shape index (κ3) is 2.53. The number of ether oxygens (including phenoxy) is 1. The number of benzene rings is 2. The lowest BCUT2D eigenvalue weighted by atomic mass is 10.0. The number of aryl methyl sites for hydroxylation is 2. The van der Waals surface area contributed by atoms with E-state index in [9.17, 15) is 9.59 Å². The molecule has 5 heteroatoms. The molecule has 0 radical (unpaired) electrons. The summed E-state index contributed by atoms with van der Waals surface area (Å²) in [7, 11) is 1.79. The largest absolute Gasteiger partial charge is 0.462 e. The van der Waals surface area contributed by atoms with E-state index in [-0.39, 0.29) is 11.7 Å². The molecule has 27 heavy (non-hydrogen) atoms. The Morgan fingerprint density at radius 3 is 2.56 bits per heavy atom. The van der Waals surface area contributed by atoms with E-state index in [1.807, 2.05) is 30.3 Å². The van der Waals surface area contributed by atoms with E-state index in [0.29, 0.717) is 12.2 Å². The molecule has 0 atom stereocenters. The van der Waals surface area contributed by atoms with Gasteiger partial charge in [0.05, 0.1) is 28.7 Å². The molecule has 0 aliphatic heterocycles. The molecule has 2 heterocycles. The van der Waals surface area contributed by atoms with Crippen LogP contribution in [0.4, 0.5) is 0 Å². The van der Waals surface area contributed by atoms with Crippen LogP contribution in [0.5, 0.6) is 0 Å². The predicted molar refractivity (Wildman–Crippen MR) is 108 cm³/mol. The van der Waals surface area contributed by atoms with Crippen LogP contribution in [0.2, 0.25) is 0 Å². The monoisotopic (exact) mass is 362 g/mol. The normalized spacial score (nSPS) is 11.5. The van der Waals surface area contributed by atoms with E-state index >= 15 is 0 Å². The van der Waals surface area contributed by atoms with Gasteiger partial charge in [-0.1, -0.05) is 31.5 Å². The van der Waals surface area contributed by atoms with Crippen molar-refractivity contribution in [2.45, 2.75) is 26.7 Å². The Balaban J connectivity index is 2.20. The summed E-state index contributed by atoms with van der Waals surface area (Å²) in [5, 5.41) is 1.98. The summed E-state index contributed by atoms with van der Waals surface area (Å²) >= 11 is 0. The van der Waals surface area contributed by atoms with Crippen LogP contribution < -0.4 is 5.69 Å². The zero-order valence-electron chi connectivity index (χ0n) is 15.8. The lowest BCUT2D eigenvalue weighted by Gasteiger charge is -2.09. The first kappa shape index (κ1) is 17.3. The summed E-state index contributed by atoms with van der Waals surface area (Å²) in [5.41, 5.74) is 4.20. The molecule has 0 bridgehead atoms. The van der Waals surface area contributed by atoms with Gasteiger partial charge in [0, 0.05) is 17.8 Å². The molecule has 138 valence electrons. The highest BCUT2D eigenvalue weighted by Crippen LogP contribution is 2.32. The van der Waals surface area contributed by atoms with Crippen molar-refractivity contribution in [1.82, 2.24) is 8.97 Å². The summed E-state index contributed by atoms with van der Waals surface area (Å²) in [5.74, 6) is -0.338. The van der Waals surface area contributed by atoms with Gasteiger partial charge in [0.1, 0.15) is 0 Å². The third-order valence-electron chi connectivity index (χ3n) is 5.08. The number of carbonyl (C=O) groups is 1. The molecule has 0 saturated heterocycles. The average molecular weight is 362 g/mol. The number of aromatic nitrogens is 2. The molecule has 4 rings (SSSR count). The zero-order chi connectivity index (χ0) is 19.1. The summed E-state index contributed by atoms with van der Waals surface area (Å²) in [6.07, 6.45) is 1.78. The maximum Gasteiger partial charge on any atom is 0.338 e. The van der Waals surface area contributed by atoms with E-state index in [2.05, 4.69) is 13.0 Å². The summed E-state index contributed by atoms with van der Waals surface area (Å²) in [4.78, 5) is 25.3. The Morgan fingerprint density at radius 1 is 1.04 bits per heavy atom. The fourth-order valence-corrected chi connectivity index (χ4v) is 3.90. The van der Waals surface area contributed by atoms with Crippen LogP contribution in [-0.4, -0.2) is 21.5 Å². The zero-order valence-corrected chi connectivity index (χ0v) is 15.8. The lowest BCUT2D eigenvalue weighted by molar-refractivity contribution is 0.0526. The first-order valence-corrected chi connectivity index (χ1v) is 9.30. The van der Waals surface area contributed by atoms with Crippen LogP contribution in [0.15, 0.2) is 47.3 Å². The molecular formula is C22H22N2O3. The van der Waals surface area contributed by atoms with Gasteiger partial charge in [-0.15, -0.1) is 0 Å². The predicted octanol–water partition coefficient (Wildman–Crippen LogP) is 4.07. The van der Waals surface area contributed by atoms with E-state index in [1.54, 1.807) is 29.0 Å². The molecule has 2 aromatic heterocycles. The van der Waals surface area contributed by atoms with Crippen LogP contribution in [0, 0.1) is 0 Å². The number of hydrogen-bond acceptors (Lipinski definition) is 3. The lowest BCUT2D eigenvalue weighted by Crippen LogP contribution is -2.24. The van der Waals surface area contributed by atoms with Crippen molar-refractivity contribution in [2.24, 2.45) is 7.05 Å². The van der Waals surface area contributed by atoms with Gasteiger partial charge in [0.25, 0.3) is 0 Å². The summed E-state index contributed by atoms with van der Waals surface area (Å²) in [6.45, 7) is 4.25. The molecule has 0 saturated carbocycles. The number of nitrogens with zero attached hydrogens (tertiary/aromatic N) is 2. The number of carbonyl (C=O) groups excluding carboxylic acids is 1. The van der Waals surface area contributed by atoms with Crippen molar-refractivity contribution in [3.05, 3.63) is 64.1 Å². The second-order valence-corrected chi connectivity index (χ2v) is 6.72. The van der Waals surface area contributed by atoms with E-state index in [1.165, 1.54) is 0 Å². The Hall–Kier alpha value is -3.08. The molecule has 0 N–H and O–H groups in total. The second-order valence-electron chi connectivity index (χ2n) is 6.72. The minimum Gasteiger partial charge on any atom is -0.462 e. The van der Waals surface area contributed by atoms with E-state index < -0.39 is 0 Å². The van der Waals surface area contributed by atoms with Gasteiger partial charge >= 0.3 is 11.7 Å². The van der Waals surface area contributed by atoms with Gasteiger partial charge in [-0.2, -0.15) is 0 Å². The van der Waals surface area contributed by atoms with Gasteiger partial charge < -0.3 is 4.74 Å². The van der Waals surface area contributed by atoms with Crippen LogP contribution in [-0.2, 0) is 18.2 Å². The van der Waals surface area contributed by atoms with Gasteiger partial charge in [0.15, 0.2) is 0 Å². The minimum atomic E-state index is -0.338. The standard InChI is InChI=1S/C22H22N2O3/c1-4-8-15-17-13-14(21(25)27-5-2)11-12-19(17)24-20(15)16-9-6-7-10-18(16)23(3)22(24)26/h6-7,9-13H,4-5,8H2,1-3H3. The minimum absolute atomic E-state index is 0.0834. The summed E-state index contributed by atoms with van der Waals surface area (Å²) < 4.78 is 8.60. The van der Waals surface area contributed by atoms with Crippen molar-refractivity contribution in [2.75, 3.05) is 6.61 Å². The molecule has 0 unspecified atom stereocenters. The van der Waals surface area contributed by atoms with Crippen molar-refractivity contribution in [3.63, 3.8) is 0 Å². The quantitative estimate of drug-likeness (QED) is 0.514. The highest BCUT2D eigenvalue weighted by Gasteiger charge is 2.19. The Bertz CT molecular complexity index is 1250. The number of rotatable bonds is 4. The maximum atomic E-state index is 13.1. The number of para-hydroxylation sites is 1. The van der Waals surface area contributed by atoms with Gasteiger partial charge in [0.2, 0.25) is 0 Å². The molecule has 0 aliphatic carbocycles. The average Bonchev–Trinajstić information content (AvgIpc) is 3.00. The molecule has 2 aromatic carbocycles. The van der Waals surface area contributed by atoms with E-state index in [4.69, 9.17) is 4.74 Å². The molecule has 0 fully saturated rings. The van der Waals surface area contributed by atoms with Gasteiger partial charge in [-0.05, 0) is 43.2 Å². The fraction of sp³-hybridized carbons (Fsp3) is 0.273. The first-order valence-electron chi connectivity index (χ1n) is 9.30. The molecule has 4 aromatic rings. The topological polar surface area (TPSA) is 52.7 Å². The Kier molecular flexibility index (Phi) is 4.22. The van der Waals surface area contributed by atoms with Crippen LogP contribution in [0.1, 0.15) is 36.2 Å². The summed E-state index contributed by atoms with van der Waals surface area (Å²) in [6, 6.07) is 13.4. The van der Waals surface area contributed by atoms with Crippen LogP contribution in [0.3, 0.4) is 0 Å². The molecule has 0 spiro atoms. The highest BCUT2D eigenvalue weighted by atomic mass is 16.5. The van der Waals surface area contributed by atoms with Crippen molar-refractivity contribution < 1.29 is 9.53 Å². The molecule has 5 nitrogen and oxygen atoms in total. The van der Waals surface area contributed by atoms with Gasteiger partial charge in [-0.25, -0.2) is 9.59 Å². The van der Waals surface area contributed by atoms with E-state index in [0.717, 1.165) is 45.7 Å². The molecular weight excluding hydrogens is 340 g/mol. The van der Waals surface area contributed by atoms with Crippen LogP contribution >= 0.6 is 0 Å². The fourth-order valence-electron chi connectivity index (χ4n) is 3.90. The first-order chi connectivity index (χ1) is 13.1. The Labute approximate surface area is 156 Å². The second kappa shape index (κ2) is 6.58. The SMILES string of the molecule is CCCc1c2cc(C(=O)OCC)ccc2n2c(=O)n(C)c3ccccc3c12. The number of esters is 1. The molecule has 0 amide bonds.